The Bertz CT molecular complexity index is 255. The average Bonchev–Trinajstić information content (AvgIpc) is 2.39. The molecule has 0 spiro atoms. The fourth-order valence-electron chi connectivity index (χ4n) is 2.06. The van der Waals surface area contributed by atoms with Crippen molar-refractivity contribution in [1.82, 2.24) is 0 Å². The summed E-state index contributed by atoms with van der Waals surface area (Å²) >= 11 is 0. The van der Waals surface area contributed by atoms with Crippen molar-refractivity contribution in [1.29, 1.82) is 0 Å². The van der Waals surface area contributed by atoms with Gasteiger partial charge in [0.15, 0.2) is 0 Å². The van der Waals surface area contributed by atoms with Gasteiger partial charge in [-0.25, -0.2) is 0 Å². The second kappa shape index (κ2) is 5.83. The quantitative estimate of drug-likeness (QED) is 0.402. The first-order chi connectivity index (χ1) is 6.85. The lowest BCUT2D eigenvalue weighted by Crippen LogP contribution is -2.45. The van der Waals surface area contributed by atoms with Crippen LogP contribution in [0.4, 0.5) is 0 Å². The van der Waals surface area contributed by atoms with Crippen LogP contribution in [0, 0.1) is 5.92 Å². The molecule has 0 bridgehead atoms. The van der Waals surface area contributed by atoms with E-state index in [0.717, 1.165) is 0 Å². The van der Waals surface area contributed by atoms with Crippen LogP contribution in [-0.2, 0) is 4.79 Å². The Labute approximate surface area is 100 Å². The largest absolute Gasteiger partial charge is 0.480 e. The molecule has 0 unspecified atom stereocenters. The maximum atomic E-state index is 10.8. The lowest BCUT2D eigenvalue weighted by atomic mass is 9.80. The summed E-state index contributed by atoms with van der Waals surface area (Å²) in [6, 6.07) is 0. The van der Waals surface area contributed by atoms with E-state index in [1.807, 2.05) is 0 Å². The van der Waals surface area contributed by atoms with Crippen molar-refractivity contribution in [3.63, 3.8) is 0 Å². The van der Waals surface area contributed by atoms with E-state index in [4.69, 9.17) is 20.9 Å². The highest BCUT2D eigenvalue weighted by molar-refractivity contribution is 6.40. The van der Waals surface area contributed by atoms with E-state index in [-0.39, 0.29) is 37.5 Å². The van der Waals surface area contributed by atoms with Crippen LogP contribution < -0.4 is 5.73 Å². The van der Waals surface area contributed by atoms with Crippen molar-refractivity contribution in [2.45, 2.75) is 37.2 Å². The highest BCUT2D eigenvalue weighted by Crippen LogP contribution is 2.36. The molecule has 16 heavy (non-hydrogen) atoms. The molecular formula is C8H17BClNO5. The Kier molecular flexibility index (Phi) is 5.71. The Morgan fingerprint density at radius 1 is 1.44 bits per heavy atom. The first-order valence-corrected chi connectivity index (χ1v) is 4.91. The smallest absolute Gasteiger partial charge is 0.451 e. The van der Waals surface area contributed by atoms with Crippen LogP contribution in [-0.4, -0.2) is 45.0 Å². The molecule has 0 radical (unpaired) electrons. The molecule has 0 aromatic heterocycles. The van der Waals surface area contributed by atoms with Gasteiger partial charge in [-0.2, -0.15) is 0 Å². The van der Waals surface area contributed by atoms with Crippen LogP contribution >= 0.6 is 12.4 Å². The number of hydrogen-bond donors (Lipinski definition) is 5. The number of rotatable bonds is 4. The maximum absolute atomic E-state index is 10.8. The minimum absolute atomic E-state index is 0. The summed E-state index contributed by atoms with van der Waals surface area (Å²) in [5.74, 6) is -1.39. The van der Waals surface area contributed by atoms with Crippen molar-refractivity contribution in [3.05, 3.63) is 0 Å². The van der Waals surface area contributed by atoms with Gasteiger partial charge in [-0.15, -0.1) is 12.4 Å². The molecule has 0 aliphatic heterocycles. The third-order valence-corrected chi connectivity index (χ3v) is 2.97. The van der Waals surface area contributed by atoms with Gasteiger partial charge >= 0.3 is 13.1 Å². The van der Waals surface area contributed by atoms with Crippen molar-refractivity contribution in [3.8, 4) is 0 Å². The molecule has 1 aliphatic rings. The molecule has 1 aliphatic carbocycles. The van der Waals surface area contributed by atoms with Gasteiger partial charge in [-0.3, -0.25) is 4.79 Å². The lowest BCUT2D eigenvalue weighted by Gasteiger charge is -2.17. The van der Waals surface area contributed by atoms with Gasteiger partial charge in [-0.05, 0) is 25.1 Å². The number of aliphatic hydroxyl groups is 1. The first kappa shape index (κ1) is 15.7. The highest BCUT2D eigenvalue weighted by atomic mass is 35.5. The van der Waals surface area contributed by atoms with E-state index in [2.05, 4.69) is 0 Å². The number of carboxylic acids is 1. The second-order valence-corrected chi connectivity index (χ2v) is 4.25. The summed E-state index contributed by atoms with van der Waals surface area (Å²) < 4.78 is 0. The van der Waals surface area contributed by atoms with E-state index in [0.29, 0.717) is 6.42 Å². The normalized spacial score (nSPS) is 33.2. The van der Waals surface area contributed by atoms with Crippen molar-refractivity contribution >= 4 is 25.5 Å². The number of aliphatic hydroxyl groups excluding tert-OH is 1. The molecule has 8 heteroatoms. The molecule has 6 N–H and O–H groups in total. The summed E-state index contributed by atoms with van der Waals surface area (Å²) in [6.45, 7) is 0. The molecule has 6 nitrogen and oxygen atoms in total. The van der Waals surface area contributed by atoms with Crippen molar-refractivity contribution in [2.75, 3.05) is 0 Å². The molecule has 0 aromatic rings. The summed E-state index contributed by atoms with van der Waals surface area (Å²) in [5.41, 5.74) is 4.23. The molecule has 94 valence electrons. The van der Waals surface area contributed by atoms with Crippen molar-refractivity contribution < 1.29 is 25.1 Å². The van der Waals surface area contributed by atoms with E-state index < -0.39 is 24.7 Å². The van der Waals surface area contributed by atoms with Crippen molar-refractivity contribution in [2.24, 2.45) is 11.7 Å². The molecular weight excluding hydrogens is 236 g/mol. The monoisotopic (exact) mass is 253 g/mol. The van der Waals surface area contributed by atoms with Crippen LogP contribution in [0.2, 0.25) is 6.32 Å². The fraction of sp³-hybridized carbons (Fsp3) is 0.875. The van der Waals surface area contributed by atoms with E-state index in [1.165, 1.54) is 0 Å². The molecule has 1 fully saturated rings. The van der Waals surface area contributed by atoms with Gasteiger partial charge in [0.1, 0.15) is 5.54 Å². The van der Waals surface area contributed by atoms with Gasteiger partial charge in [0.05, 0.1) is 6.10 Å². The molecule has 0 heterocycles. The average molecular weight is 253 g/mol. The number of halogens is 1. The SMILES string of the molecule is Cl.N[C@]1(C(=O)O)C[C@H](CCB(O)O)[C@@H](O)C1. The van der Waals surface area contributed by atoms with Crippen LogP contribution in [0.5, 0.6) is 0 Å². The minimum atomic E-state index is -1.42. The van der Waals surface area contributed by atoms with Gasteiger partial charge < -0.3 is 26.0 Å². The fourth-order valence-corrected chi connectivity index (χ4v) is 2.06. The Balaban J connectivity index is 0.00000225. The van der Waals surface area contributed by atoms with Crippen LogP contribution in [0.3, 0.4) is 0 Å². The molecule has 1 saturated carbocycles. The van der Waals surface area contributed by atoms with E-state index in [1.54, 1.807) is 0 Å². The number of nitrogens with two attached hydrogens (primary N) is 1. The Morgan fingerprint density at radius 3 is 2.38 bits per heavy atom. The number of carboxylic acid groups (broad SMARTS) is 1. The number of hydrogen-bond acceptors (Lipinski definition) is 5. The lowest BCUT2D eigenvalue weighted by molar-refractivity contribution is -0.143. The number of aliphatic carboxylic acids is 1. The van der Waals surface area contributed by atoms with E-state index in [9.17, 15) is 9.90 Å². The number of carbonyl (C=O) groups is 1. The first-order valence-electron chi connectivity index (χ1n) is 4.91. The third kappa shape index (κ3) is 3.60. The van der Waals surface area contributed by atoms with Gasteiger partial charge in [0.2, 0.25) is 0 Å². The molecule has 1 rings (SSSR count). The standard InChI is InChI=1S/C8H16BNO5.ClH/c10-8(7(12)13)3-5(6(11)4-8)1-2-9(14)15;/h5-6,11,14-15H,1-4,10H2,(H,12,13);1H/t5-,6-,8+;/m0./s1. The van der Waals surface area contributed by atoms with E-state index >= 15 is 0 Å². The summed E-state index contributed by atoms with van der Waals surface area (Å²) in [7, 11) is -1.42. The maximum Gasteiger partial charge on any atom is 0.451 e. The predicted molar refractivity (Wildman–Crippen MR) is 60.1 cm³/mol. The van der Waals surface area contributed by atoms with Gasteiger partial charge in [0.25, 0.3) is 0 Å². The second-order valence-electron chi connectivity index (χ2n) is 4.25. The highest BCUT2D eigenvalue weighted by Gasteiger charge is 2.47. The van der Waals surface area contributed by atoms with Crippen LogP contribution in [0.25, 0.3) is 0 Å². The molecule has 0 aromatic carbocycles. The van der Waals surface area contributed by atoms with Crippen LogP contribution in [0.1, 0.15) is 19.3 Å². The zero-order valence-corrected chi connectivity index (χ0v) is 9.56. The summed E-state index contributed by atoms with van der Waals surface area (Å²) in [5, 5.41) is 35.8. The Morgan fingerprint density at radius 2 is 2.00 bits per heavy atom. The third-order valence-electron chi connectivity index (χ3n) is 2.97. The van der Waals surface area contributed by atoms with Crippen LogP contribution in [0.15, 0.2) is 0 Å². The van der Waals surface area contributed by atoms with Gasteiger partial charge in [0, 0.05) is 6.42 Å². The molecule has 3 atom stereocenters. The van der Waals surface area contributed by atoms with Gasteiger partial charge in [-0.1, -0.05) is 0 Å². The predicted octanol–water partition coefficient (Wildman–Crippen LogP) is -1.18. The minimum Gasteiger partial charge on any atom is -0.480 e. The zero-order valence-electron chi connectivity index (χ0n) is 8.74. The Hall–Kier alpha value is -0.335. The topological polar surface area (TPSA) is 124 Å². The summed E-state index contributed by atoms with van der Waals surface area (Å²) in [6.07, 6.45) is -0.0856. The zero-order chi connectivity index (χ0) is 11.6. The molecule has 0 amide bonds. The summed E-state index contributed by atoms with van der Waals surface area (Å²) in [4.78, 5) is 10.8. The molecule has 0 saturated heterocycles.